The van der Waals surface area contributed by atoms with Crippen molar-refractivity contribution >= 4 is 5.69 Å². The first-order valence-electron chi connectivity index (χ1n) is 8.91. The summed E-state index contributed by atoms with van der Waals surface area (Å²) in [5.41, 5.74) is 13.7. The van der Waals surface area contributed by atoms with E-state index in [9.17, 15) is 10.2 Å². The molecule has 3 rings (SSSR count). The van der Waals surface area contributed by atoms with Crippen molar-refractivity contribution < 1.29 is 10.2 Å². The number of hydrogen-bond donors (Lipinski definition) is 6. The fourth-order valence-corrected chi connectivity index (χ4v) is 3.21. The van der Waals surface area contributed by atoms with E-state index in [4.69, 9.17) is 5.73 Å². The summed E-state index contributed by atoms with van der Waals surface area (Å²) in [4.78, 5) is 2.41. The molecule has 0 radical (unpaired) electrons. The van der Waals surface area contributed by atoms with Crippen molar-refractivity contribution in [2.75, 3.05) is 31.5 Å². The highest BCUT2D eigenvalue weighted by Gasteiger charge is 2.27. The lowest BCUT2D eigenvalue weighted by Crippen LogP contribution is -2.43. The predicted octanol–water partition coefficient (Wildman–Crippen LogP) is 0.650. The van der Waals surface area contributed by atoms with Crippen molar-refractivity contribution in [3.63, 3.8) is 0 Å². The SMILES string of the molecule is CC1(O)CCN(CCc2ccc(NC3NNC(CN)=C3O)cc2)CC1. The van der Waals surface area contributed by atoms with Gasteiger partial charge in [0.15, 0.2) is 11.9 Å². The van der Waals surface area contributed by atoms with Crippen LogP contribution in [0.15, 0.2) is 35.7 Å². The molecule has 138 valence electrons. The maximum absolute atomic E-state index is 10.0. The molecule has 2 aliphatic rings. The van der Waals surface area contributed by atoms with E-state index in [1.807, 2.05) is 19.1 Å². The van der Waals surface area contributed by atoms with E-state index in [-0.39, 0.29) is 18.5 Å². The number of benzene rings is 1. The van der Waals surface area contributed by atoms with Crippen molar-refractivity contribution in [2.24, 2.45) is 5.73 Å². The highest BCUT2D eigenvalue weighted by atomic mass is 16.3. The zero-order valence-corrected chi connectivity index (χ0v) is 14.8. The molecule has 7 N–H and O–H groups in total. The molecule has 0 aliphatic carbocycles. The summed E-state index contributed by atoms with van der Waals surface area (Å²) in [5.74, 6) is 0.201. The Labute approximate surface area is 148 Å². The average Bonchev–Trinajstić information content (AvgIpc) is 2.95. The van der Waals surface area contributed by atoms with Gasteiger partial charge in [-0.15, -0.1) is 0 Å². The summed E-state index contributed by atoms with van der Waals surface area (Å²) in [5, 5.41) is 23.2. The number of hydrazine groups is 1. The predicted molar refractivity (Wildman–Crippen MR) is 98.8 cm³/mol. The number of nitrogens with two attached hydrogens (primary N) is 1. The molecule has 2 aliphatic heterocycles. The molecule has 1 aromatic rings. The van der Waals surface area contributed by atoms with Crippen LogP contribution in [-0.4, -0.2) is 53.1 Å². The van der Waals surface area contributed by atoms with Gasteiger partial charge in [0.1, 0.15) is 0 Å². The molecule has 1 fully saturated rings. The zero-order valence-electron chi connectivity index (χ0n) is 14.8. The topological polar surface area (TPSA) is 106 Å². The van der Waals surface area contributed by atoms with Crippen molar-refractivity contribution in [3.05, 3.63) is 41.3 Å². The molecule has 1 unspecified atom stereocenters. The molecular weight excluding hydrogens is 318 g/mol. The highest BCUT2D eigenvalue weighted by molar-refractivity contribution is 5.47. The number of rotatable bonds is 6. The van der Waals surface area contributed by atoms with Crippen LogP contribution < -0.4 is 21.9 Å². The van der Waals surface area contributed by atoms with E-state index in [1.165, 1.54) is 5.56 Å². The summed E-state index contributed by atoms with van der Waals surface area (Å²) in [6.07, 6.45) is 2.32. The Morgan fingerprint density at radius 1 is 1.28 bits per heavy atom. The Morgan fingerprint density at radius 2 is 1.96 bits per heavy atom. The van der Waals surface area contributed by atoms with Gasteiger partial charge in [-0.2, -0.15) is 0 Å². The lowest BCUT2D eigenvalue weighted by molar-refractivity contribution is -0.00491. The fraction of sp³-hybridized carbons (Fsp3) is 0.556. The summed E-state index contributed by atoms with van der Waals surface area (Å²) < 4.78 is 0. The third-order valence-corrected chi connectivity index (χ3v) is 5.07. The van der Waals surface area contributed by atoms with E-state index in [0.29, 0.717) is 5.70 Å². The van der Waals surface area contributed by atoms with Crippen molar-refractivity contribution in [1.29, 1.82) is 0 Å². The maximum atomic E-state index is 10.0. The third-order valence-electron chi connectivity index (χ3n) is 5.07. The van der Waals surface area contributed by atoms with Crippen LogP contribution in [0.2, 0.25) is 0 Å². The number of anilines is 1. The van der Waals surface area contributed by atoms with Gasteiger partial charge in [0, 0.05) is 31.9 Å². The molecule has 2 heterocycles. The first kappa shape index (κ1) is 18.0. The minimum atomic E-state index is -0.489. The van der Waals surface area contributed by atoms with Gasteiger partial charge in [-0.05, 0) is 43.9 Å². The van der Waals surface area contributed by atoms with Crippen LogP contribution >= 0.6 is 0 Å². The van der Waals surface area contributed by atoms with E-state index >= 15 is 0 Å². The number of hydrogen-bond acceptors (Lipinski definition) is 7. The smallest absolute Gasteiger partial charge is 0.154 e. The van der Waals surface area contributed by atoms with E-state index < -0.39 is 5.60 Å². The second-order valence-electron chi connectivity index (χ2n) is 7.20. The highest BCUT2D eigenvalue weighted by Crippen LogP contribution is 2.21. The largest absolute Gasteiger partial charge is 0.507 e. The number of aliphatic hydroxyl groups is 2. The van der Waals surface area contributed by atoms with Gasteiger partial charge in [-0.1, -0.05) is 12.1 Å². The van der Waals surface area contributed by atoms with Crippen molar-refractivity contribution in [1.82, 2.24) is 15.8 Å². The Morgan fingerprint density at radius 3 is 2.56 bits per heavy atom. The van der Waals surface area contributed by atoms with E-state index in [0.717, 1.165) is 44.6 Å². The molecule has 1 atom stereocenters. The first-order chi connectivity index (χ1) is 12.0. The molecule has 0 spiro atoms. The molecule has 0 bridgehead atoms. The molecule has 1 aromatic carbocycles. The summed E-state index contributed by atoms with van der Waals surface area (Å²) in [7, 11) is 0. The zero-order chi connectivity index (χ0) is 17.9. The van der Waals surface area contributed by atoms with Crippen LogP contribution in [0, 0.1) is 0 Å². The lowest BCUT2D eigenvalue weighted by atomic mass is 9.93. The summed E-state index contributed by atoms with van der Waals surface area (Å²) >= 11 is 0. The van der Waals surface area contributed by atoms with Crippen LogP contribution in [0.4, 0.5) is 5.69 Å². The molecule has 1 saturated heterocycles. The fourth-order valence-electron chi connectivity index (χ4n) is 3.21. The number of nitrogens with one attached hydrogen (secondary N) is 3. The Kier molecular flexibility index (Phi) is 5.48. The molecule has 0 saturated carbocycles. The van der Waals surface area contributed by atoms with Gasteiger partial charge in [0.25, 0.3) is 0 Å². The number of nitrogens with zero attached hydrogens (tertiary/aromatic N) is 1. The molecule has 7 nitrogen and oxygen atoms in total. The van der Waals surface area contributed by atoms with Crippen LogP contribution in [-0.2, 0) is 6.42 Å². The Bertz CT molecular complexity index is 604. The van der Waals surface area contributed by atoms with Crippen LogP contribution in [0.5, 0.6) is 0 Å². The van der Waals surface area contributed by atoms with E-state index in [1.54, 1.807) is 0 Å². The minimum absolute atomic E-state index is 0.201. The molecule has 7 heteroatoms. The summed E-state index contributed by atoms with van der Waals surface area (Å²) in [6, 6.07) is 8.25. The van der Waals surface area contributed by atoms with Gasteiger partial charge >= 0.3 is 0 Å². The lowest BCUT2D eigenvalue weighted by Gasteiger charge is -2.35. The number of aliphatic hydroxyl groups excluding tert-OH is 1. The quantitative estimate of drug-likeness (QED) is 0.449. The number of likely N-dealkylation sites (tertiary alicyclic amines) is 1. The van der Waals surface area contributed by atoms with Crippen molar-refractivity contribution in [3.8, 4) is 0 Å². The van der Waals surface area contributed by atoms with Gasteiger partial charge in [0.2, 0.25) is 0 Å². The second-order valence-corrected chi connectivity index (χ2v) is 7.20. The molecule has 0 aromatic heterocycles. The monoisotopic (exact) mass is 347 g/mol. The van der Waals surface area contributed by atoms with Gasteiger partial charge in [0.05, 0.1) is 11.3 Å². The van der Waals surface area contributed by atoms with Gasteiger partial charge < -0.3 is 31.6 Å². The maximum Gasteiger partial charge on any atom is 0.154 e. The molecule has 0 amide bonds. The minimum Gasteiger partial charge on any atom is -0.507 e. The standard InChI is InChI=1S/C18H29N5O2/c1-18(25)7-10-23(11-8-18)9-6-13-2-4-14(5-3-13)20-17-16(24)15(12-19)21-22-17/h2-5,17,20-22,24-25H,6-12,19H2,1H3. The normalized spacial score (nSPS) is 23.6. The van der Waals surface area contributed by atoms with Crippen LogP contribution in [0.1, 0.15) is 25.3 Å². The van der Waals surface area contributed by atoms with Gasteiger partial charge in [-0.25, -0.2) is 5.43 Å². The number of piperidine rings is 1. The second kappa shape index (κ2) is 7.61. The average molecular weight is 347 g/mol. The molecule has 25 heavy (non-hydrogen) atoms. The van der Waals surface area contributed by atoms with Crippen molar-refractivity contribution in [2.45, 2.75) is 38.0 Å². The summed E-state index contributed by atoms with van der Waals surface area (Å²) in [6.45, 7) is 5.13. The van der Waals surface area contributed by atoms with E-state index in [2.05, 4.69) is 33.2 Å². The molecular formula is C18H29N5O2. The van der Waals surface area contributed by atoms with Crippen LogP contribution in [0.25, 0.3) is 0 Å². The third kappa shape index (κ3) is 4.64. The van der Waals surface area contributed by atoms with Crippen LogP contribution in [0.3, 0.4) is 0 Å². The first-order valence-corrected chi connectivity index (χ1v) is 8.91. The Hall–Kier alpha value is -1.80. The Balaban J connectivity index is 1.47. The van der Waals surface area contributed by atoms with Gasteiger partial charge in [-0.3, -0.25) is 0 Å².